The number of rotatable bonds is 8. The first-order valence-corrected chi connectivity index (χ1v) is 9.34. The van der Waals surface area contributed by atoms with Gasteiger partial charge >= 0.3 is 5.97 Å². The molecular formula is C17H23N3O4S. The SMILES string of the molecule is CCCN(CCC)C(=O)Cn1c(CC)nc2scc(C(=O)O)c2c1=O. The Hall–Kier alpha value is -2.22. The summed E-state index contributed by atoms with van der Waals surface area (Å²) < 4.78 is 1.32. The molecule has 2 aromatic rings. The topological polar surface area (TPSA) is 92.5 Å². The minimum Gasteiger partial charge on any atom is -0.478 e. The van der Waals surface area contributed by atoms with Crippen molar-refractivity contribution in [2.75, 3.05) is 13.1 Å². The van der Waals surface area contributed by atoms with Gasteiger partial charge in [-0.25, -0.2) is 9.78 Å². The van der Waals surface area contributed by atoms with Crippen LogP contribution in [0.25, 0.3) is 10.2 Å². The van der Waals surface area contributed by atoms with Gasteiger partial charge in [-0.05, 0) is 12.8 Å². The highest BCUT2D eigenvalue weighted by atomic mass is 32.1. The number of carbonyl (C=O) groups excluding carboxylic acids is 1. The zero-order valence-electron chi connectivity index (χ0n) is 14.7. The molecule has 2 heterocycles. The predicted octanol–water partition coefficient (Wildman–Crippen LogP) is 2.37. The van der Waals surface area contributed by atoms with Gasteiger partial charge in [0.25, 0.3) is 5.56 Å². The number of carboxylic acids is 1. The summed E-state index contributed by atoms with van der Waals surface area (Å²) >= 11 is 1.14. The summed E-state index contributed by atoms with van der Waals surface area (Å²) in [5, 5.41) is 10.8. The fourth-order valence-corrected chi connectivity index (χ4v) is 3.71. The van der Waals surface area contributed by atoms with Crippen molar-refractivity contribution in [2.45, 2.75) is 46.6 Å². The maximum absolute atomic E-state index is 12.9. The Morgan fingerprint density at radius 1 is 1.24 bits per heavy atom. The summed E-state index contributed by atoms with van der Waals surface area (Å²) in [4.78, 5) is 43.4. The molecular weight excluding hydrogens is 342 g/mol. The number of aromatic carboxylic acids is 1. The van der Waals surface area contributed by atoms with E-state index in [2.05, 4.69) is 4.98 Å². The summed E-state index contributed by atoms with van der Waals surface area (Å²) in [5.41, 5.74) is -0.512. The number of hydrogen-bond donors (Lipinski definition) is 1. The van der Waals surface area contributed by atoms with Crippen molar-refractivity contribution >= 4 is 33.4 Å². The standard InChI is InChI=1S/C17H23N3O4S/c1-4-7-19(8-5-2)13(21)9-20-12(6-3)18-15-14(16(20)22)11(10-25-15)17(23)24/h10H,4-9H2,1-3H3,(H,23,24). The molecule has 2 rings (SSSR count). The number of amides is 1. The Morgan fingerprint density at radius 2 is 1.88 bits per heavy atom. The maximum Gasteiger partial charge on any atom is 0.337 e. The molecule has 0 spiro atoms. The third-order valence-corrected chi connectivity index (χ3v) is 4.82. The minimum absolute atomic E-state index is 0.0553. The molecule has 0 saturated heterocycles. The Labute approximate surface area is 149 Å². The van der Waals surface area contributed by atoms with Crippen molar-refractivity contribution in [2.24, 2.45) is 0 Å². The van der Waals surface area contributed by atoms with Crippen LogP contribution in [0, 0.1) is 0 Å². The highest BCUT2D eigenvalue weighted by Gasteiger charge is 2.21. The molecule has 25 heavy (non-hydrogen) atoms. The van der Waals surface area contributed by atoms with E-state index in [0.717, 1.165) is 24.2 Å². The van der Waals surface area contributed by atoms with Gasteiger partial charge in [0, 0.05) is 24.9 Å². The molecule has 0 bridgehead atoms. The first kappa shape index (κ1) is 19.1. The van der Waals surface area contributed by atoms with Gasteiger partial charge in [0.2, 0.25) is 5.91 Å². The average molecular weight is 365 g/mol. The van der Waals surface area contributed by atoms with Crippen LogP contribution >= 0.6 is 11.3 Å². The lowest BCUT2D eigenvalue weighted by Crippen LogP contribution is -2.38. The largest absolute Gasteiger partial charge is 0.478 e. The molecule has 2 aromatic heterocycles. The maximum atomic E-state index is 12.9. The quantitative estimate of drug-likeness (QED) is 0.775. The fourth-order valence-electron chi connectivity index (χ4n) is 2.79. The highest BCUT2D eigenvalue weighted by Crippen LogP contribution is 2.22. The molecule has 136 valence electrons. The van der Waals surface area contributed by atoms with Crippen molar-refractivity contribution in [3.8, 4) is 0 Å². The number of nitrogens with zero attached hydrogens (tertiary/aromatic N) is 3. The third kappa shape index (κ3) is 3.89. The monoisotopic (exact) mass is 365 g/mol. The zero-order valence-corrected chi connectivity index (χ0v) is 15.6. The van der Waals surface area contributed by atoms with Crippen molar-refractivity contribution < 1.29 is 14.7 Å². The van der Waals surface area contributed by atoms with Gasteiger partial charge in [0.05, 0.1) is 10.9 Å². The smallest absolute Gasteiger partial charge is 0.337 e. The number of carboxylic acid groups (broad SMARTS) is 1. The molecule has 0 aromatic carbocycles. The summed E-state index contributed by atoms with van der Waals surface area (Å²) in [6, 6.07) is 0. The van der Waals surface area contributed by atoms with Crippen molar-refractivity contribution in [1.29, 1.82) is 0 Å². The van der Waals surface area contributed by atoms with Crippen LogP contribution in [-0.4, -0.2) is 44.5 Å². The van der Waals surface area contributed by atoms with E-state index in [1.54, 1.807) is 4.90 Å². The van der Waals surface area contributed by atoms with E-state index >= 15 is 0 Å². The Balaban J connectivity index is 2.50. The molecule has 0 aliphatic heterocycles. The first-order chi connectivity index (χ1) is 11.9. The van der Waals surface area contributed by atoms with E-state index in [9.17, 15) is 19.5 Å². The molecule has 0 aliphatic rings. The Kier molecular flexibility index (Phi) is 6.30. The van der Waals surface area contributed by atoms with Crippen LogP contribution in [0.15, 0.2) is 10.2 Å². The molecule has 0 aliphatic carbocycles. The third-order valence-electron chi connectivity index (χ3n) is 3.95. The number of thiophene rings is 1. The van der Waals surface area contributed by atoms with Gasteiger partial charge in [-0.15, -0.1) is 11.3 Å². The van der Waals surface area contributed by atoms with Crippen LogP contribution in [-0.2, 0) is 17.8 Å². The van der Waals surface area contributed by atoms with Gasteiger partial charge in [0.1, 0.15) is 17.2 Å². The zero-order chi connectivity index (χ0) is 18.6. The molecule has 1 N–H and O–H groups in total. The van der Waals surface area contributed by atoms with E-state index in [1.165, 1.54) is 9.95 Å². The molecule has 0 atom stereocenters. The number of hydrogen-bond acceptors (Lipinski definition) is 5. The van der Waals surface area contributed by atoms with E-state index in [4.69, 9.17) is 0 Å². The number of carbonyl (C=O) groups is 2. The van der Waals surface area contributed by atoms with Gasteiger partial charge in [0.15, 0.2) is 0 Å². The van der Waals surface area contributed by atoms with Crippen LogP contribution in [0.1, 0.15) is 49.8 Å². The van der Waals surface area contributed by atoms with E-state index in [-0.39, 0.29) is 23.4 Å². The molecule has 0 saturated carbocycles. The fraction of sp³-hybridized carbons (Fsp3) is 0.529. The predicted molar refractivity (Wildman–Crippen MR) is 97.4 cm³/mol. The second-order valence-electron chi connectivity index (χ2n) is 5.79. The summed E-state index contributed by atoms with van der Waals surface area (Å²) in [5.74, 6) is -0.808. The van der Waals surface area contributed by atoms with E-state index < -0.39 is 11.5 Å². The minimum atomic E-state index is -1.16. The van der Waals surface area contributed by atoms with Gasteiger partial charge in [-0.3, -0.25) is 14.2 Å². The summed E-state index contributed by atoms with van der Waals surface area (Å²) in [7, 11) is 0. The van der Waals surface area contributed by atoms with E-state index in [1.807, 2.05) is 20.8 Å². The number of aromatic nitrogens is 2. The molecule has 0 unspecified atom stereocenters. The van der Waals surface area contributed by atoms with Crippen molar-refractivity contribution in [3.63, 3.8) is 0 Å². The molecule has 1 amide bonds. The summed E-state index contributed by atoms with van der Waals surface area (Å²) in [6.45, 7) is 7.01. The van der Waals surface area contributed by atoms with Crippen LogP contribution in [0.3, 0.4) is 0 Å². The van der Waals surface area contributed by atoms with Crippen LogP contribution in [0.2, 0.25) is 0 Å². The van der Waals surface area contributed by atoms with Gasteiger partial charge in [-0.2, -0.15) is 0 Å². The van der Waals surface area contributed by atoms with Crippen molar-refractivity contribution in [1.82, 2.24) is 14.5 Å². The summed E-state index contributed by atoms with van der Waals surface area (Å²) in [6.07, 6.45) is 2.17. The molecule has 7 nitrogen and oxygen atoms in total. The van der Waals surface area contributed by atoms with Crippen LogP contribution < -0.4 is 5.56 Å². The van der Waals surface area contributed by atoms with Crippen LogP contribution in [0.4, 0.5) is 0 Å². The average Bonchev–Trinajstić information content (AvgIpc) is 3.01. The lowest BCUT2D eigenvalue weighted by molar-refractivity contribution is -0.132. The van der Waals surface area contributed by atoms with E-state index in [0.29, 0.717) is 30.2 Å². The van der Waals surface area contributed by atoms with Crippen LogP contribution in [0.5, 0.6) is 0 Å². The van der Waals surface area contributed by atoms with Crippen molar-refractivity contribution in [3.05, 3.63) is 27.1 Å². The number of fused-ring (bicyclic) bond motifs is 1. The normalized spacial score (nSPS) is 11.0. The molecule has 0 fully saturated rings. The lowest BCUT2D eigenvalue weighted by Gasteiger charge is -2.22. The van der Waals surface area contributed by atoms with Gasteiger partial charge < -0.3 is 10.0 Å². The Bertz CT molecular complexity index is 834. The Morgan fingerprint density at radius 3 is 2.40 bits per heavy atom. The number of aryl methyl sites for hydroxylation is 1. The first-order valence-electron chi connectivity index (χ1n) is 8.46. The highest BCUT2D eigenvalue weighted by molar-refractivity contribution is 7.17. The lowest BCUT2D eigenvalue weighted by atomic mass is 10.2. The van der Waals surface area contributed by atoms with Gasteiger partial charge in [-0.1, -0.05) is 20.8 Å². The molecule has 8 heteroatoms. The molecule has 0 radical (unpaired) electrons. The second kappa shape index (κ2) is 8.24. The second-order valence-corrected chi connectivity index (χ2v) is 6.65.